The summed E-state index contributed by atoms with van der Waals surface area (Å²) in [5.74, 6) is 0.472. The van der Waals surface area contributed by atoms with E-state index in [0.717, 1.165) is 18.4 Å². The van der Waals surface area contributed by atoms with Crippen LogP contribution in [0.25, 0.3) is 0 Å². The van der Waals surface area contributed by atoms with Gasteiger partial charge in [0, 0.05) is 15.6 Å². The van der Waals surface area contributed by atoms with Crippen LogP contribution in [0.15, 0.2) is 18.2 Å². The van der Waals surface area contributed by atoms with Crippen molar-refractivity contribution in [2.45, 2.75) is 38.4 Å². The van der Waals surface area contributed by atoms with E-state index in [0.29, 0.717) is 29.1 Å². The van der Waals surface area contributed by atoms with E-state index < -0.39 is 0 Å². The monoisotopic (exact) mass is 287 g/mol. The summed E-state index contributed by atoms with van der Waals surface area (Å²) in [5.41, 5.74) is 6.67. The van der Waals surface area contributed by atoms with Crippen LogP contribution < -0.4 is 5.73 Å². The van der Waals surface area contributed by atoms with E-state index in [-0.39, 0.29) is 6.10 Å². The van der Waals surface area contributed by atoms with Crippen LogP contribution in [-0.2, 0) is 11.3 Å². The second-order valence-electron chi connectivity index (χ2n) is 4.83. The van der Waals surface area contributed by atoms with Gasteiger partial charge in [-0.1, -0.05) is 42.1 Å². The second-order valence-corrected chi connectivity index (χ2v) is 5.64. The normalized spacial score (nSPS) is 24.2. The highest BCUT2D eigenvalue weighted by molar-refractivity contribution is 6.35. The maximum Gasteiger partial charge on any atom is 0.0749 e. The standard InChI is InChI=1S/C14H19Cl2NO/c15-12-5-3-6-13(16)11(12)9-18-14-7-2-1-4-10(14)8-17/h3,5-6,10,14H,1-2,4,7-9,17H2. The van der Waals surface area contributed by atoms with Gasteiger partial charge in [-0.15, -0.1) is 0 Å². The third-order valence-electron chi connectivity index (χ3n) is 3.65. The molecule has 1 aliphatic carbocycles. The number of rotatable bonds is 4. The van der Waals surface area contributed by atoms with Crippen LogP contribution in [0.5, 0.6) is 0 Å². The molecular weight excluding hydrogens is 269 g/mol. The molecule has 0 amide bonds. The summed E-state index contributed by atoms with van der Waals surface area (Å²) < 4.78 is 5.99. The molecule has 2 N–H and O–H groups in total. The zero-order valence-corrected chi connectivity index (χ0v) is 11.9. The van der Waals surface area contributed by atoms with Gasteiger partial charge in [-0.2, -0.15) is 0 Å². The van der Waals surface area contributed by atoms with Crippen molar-refractivity contribution in [3.8, 4) is 0 Å². The van der Waals surface area contributed by atoms with Crippen LogP contribution in [0.1, 0.15) is 31.2 Å². The maximum absolute atomic E-state index is 6.13. The van der Waals surface area contributed by atoms with E-state index in [1.807, 2.05) is 18.2 Å². The molecule has 2 rings (SSSR count). The molecule has 0 radical (unpaired) electrons. The summed E-state index contributed by atoms with van der Waals surface area (Å²) in [6, 6.07) is 5.53. The maximum atomic E-state index is 6.13. The van der Waals surface area contributed by atoms with E-state index in [1.165, 1.54) is 12.8 Å². The van der Waals surface area contributed by atoms with Crippen LogP contribution in [0.2, 0.25) is 10.0 Å². The minimum atomic E-state index is 0.246. The van der Waals surface area contributed by atoms with Crippen molar-refractivity contribution in [1.29, 1.82) is 0 Å². The number of ether oxygens (including phenoxy) is 1. The van der Waals surface area contributed by atoms with Gasteiger partial charge in [0.05, 0.1) is 12.7 Å². The molecular formula is C14H19Cl2NO. The Kier molecular flexibility index (Phi) is 5.31. The van der Waals surface area contributed by atoms with Crippen molar-refractivity contribution in [2.24, 2.45) is 11.7 Å². The highest BCUT2D eigenvalue weighted by Crippen LogP contribution is 2.30. The lowest BCUT2D eigenvalue weighted by Crippen LogP contribution is -2.33. The fourth-order valence-corrected chi connectivity index (χ4v) is 3.03. The Hall–Kier alpha value is -0.280. The van der Waals surface area contributed by atoms with Crippen molar-refractivity contribution in [3.63, 3.8) is 0 Å². The summed E-state index contributed by atoms with van der Waals surface area (Å²) in [6.45, 7) is 1.17. The van der Waals surface area contributed by atoms with Crippen molar-refractivity contribution in [3.05, 3.63) is 33.8 Å². The molecule has 0 aliphatic heterocycles. The molecule has 1 aliphatic rings. The molecule has 1 saturated carbocycles. The molecule has 18 heavy (non-hydrogen) atoms. The smallest absolute Gasteiger partial charge is 0.0749 e. The number of benzene rings is 1. The van der Waals surface area contributed by atoms with Gasteiger partial charge in [0.15, 0.2) is 0 Å². The quantitative estimate of drug-likeness (QED) is 0.908. The minimum absolute atomic E-state index is 0.246. The van der Waals surface area contributed by atoms with E-state index in [9.17, 15) is 0 Å². The SMILES string of the molecule is NCC1CCCCC1OCc1c(Cl)cccc1Cl. The molecule has 0 aromatic heterocycles. The summed E-state index contributed by atoms with van der Waals surface area (Å²) in [5, 5.41) is 1.34. The van der Waals surface area contributed by atoms with Gasteiger partial charge in [0.2, 0.25) is 0 Å². The van der Waals surface area contributed by atoms with E-state index >= 15 is 0 Å². The molecule has 0 bridgehead atoms. The molecule has 100 valence electrons. The largest absolute Gasteiger partial charge is 0.373 e. The predicted octanol–water partition coefficient (Wildman–Crippen LogP) is 4.03. The van der Waals surface area contributed by atoms with E-state index in [1.54, 1.807) is 0 Å². The molecule has 2 nitrogen and oxygen atoms in total. The molecule has 0 heterocycles. The van der Waals surface area contributed by atoms with Gasteiger partial charge in [0.1, 0.15) is 0 Å². The van der Waals surface area contributed by atoms with Crippen molar-refractivity contribution < 1.29 is 4.74 Å². The van der Waals surface area contributed by atoms with Crippen molar-refractivity contribution in [1.82, 2.24) is 0 Å². The second kappa shape index (κ2) is 6.76. The molecule has 1 fully saturated rings. The average Bonchev–Trinajstić information content (AvgIpc) is 2.38. The van der Waals surface area contributed by atoms with Gasteiger partial charge >= 0.3 is 0 Å². The highest BCUT2D eigenvalue weighted by atomic mass is 35.5. The first-order valence-corrected chi connectivity index (χ1v) is 7.22. The fourth-order valence-electron chi connectivity index (χ4n) is 2.52. The van der Waals surface area contributed by atoms with E-state index in [4.69, 9.17) is 33.7 Å². The number of hydrogen-bond acceptors (Lipinski definition) is 2. The van der Waals surface area contributed by atoms with Gasteiger partial charge in [0.25, 0.3) is 0 Å². The molecule has 1 aromatic rings. The molecule has 0 saturated heterocycles. The van der Waals surface area contributed by atoms with Crippen LogP contribution >= 0.6 is 23.2 Å². The Labute approximate surface area is 118 Å². The van der Waals surface area contributed by atoms with Gasteiger partial charge in [-0.3, -0.25) is 0 Å². The number of halogens is 2. The summed E-state index contributed by atoms with van der Waals surface area (Å²) in [4.78, 5) is 0. The Morgan fingerprint density at radius 3 is 2.50 bits per heavy atom. The summed E-state index contributed by atoms with van der Waals surface area (Å²) in [6.07, 6.45) is 4.98. The molecule has 2 atom stereocenters. The Morgan fingerprint density at radius 2 is 1.83 bits per heavy atom. The number of nitrogens with two attached hydrogens (primary N) is 1. The zero-order valence-electron chi connectivity index (χ0n) is 10.4. The lowest BCUT2D eigenvalue weighted by atomic mass is 9.86. The lowest BCUT2D eigenvalue weighted by molar-refractivity contribution is -0.0182. The Morgan fingerprint density at radius 1 is 1.17 bits per heavy atom. The molecule has 0 spiro atoms. The molecule has 1 aromatic carbocycles. The van der Waals surface area contributed by atoms with Gasteiger partial charge in [-0.05, 0) is 37.4 Å². The summed E-state index contributed by atoms with van der Waals surface area (Å²) >= 11 is 12.3. The van der Waals surface area contributed by atoms with Crippen LogP contribution in [-0.4, -0.2) is 12.6 Å². The first kappa shape index (κ1) is 14.1. The lowest BCUT2D eigenvalue weighted by Gasteiger charge is -2.30. The fraction of sp³-hybridized carbons (Fsp3) is 0.571. The highest BCUT2D eigenvalue weighted by Gasteiger charge is 2.24. The topological polar surface area (TPSA) is 35.2 Å². The van der Waals surface area contributed by atoms with Crippen molar-refractivity contribution >= 4 is 23.2 Å². The number of hydrogen-bond donors (Lipinski definition) is 1. The average molecular weight is 288 g/mol. The van der Waals surface area contributed by atoms with Gasteiger partial charge in [-0.25, -0.2) is 0 Å². The Bertz CT molecular complexity index is 377. The van der Waals surface area contributed by atoms with Crippen LogP contribution in [0.3, 0.4) is 0 Å². The zero-order chi connectivity index (χ0) is 13.0. The first-order valence-electron chi connectivity index (χ1n) is 6.47. The predicted molar refractivity (Wildman–Crippen MR) is 76.1 cm³/mol. The molecule has 4 heteroatoms. The minimum Gasteiger partial charge on any atom is -0.373 e. The third-order valence-corrected chi connectivity index (χ3v) is 4.35. The van der Waals surface area contributed by atoms with Gasteiger partial charge < -0.3 is 10.5 Å². The first-order chi connectivity index (χ1) is 8.72. The van der Waals surface area contributed by atoms with E-state index in [2.05, 4.69) is 0 Å². The van der Waals surface area contributed by atoms with Crippen molar-refractivity contribution in [2.75, 3.05) is 6.54 Å². The Balaban J connectivity index is 1.98. The summed E-state index contributed by atoms with van der Waals surface area (Å²) in [7, 11) is 0. The van der Waals surface area contributed by atoms with Crippen LogP contribution in [0, 0.1) is 5.92 Å². The van der Waals surface area contributed by atoms with Crippen LogP contribution in [0.4, 0.5) is 0 Å². The molecule has 2 unspecified atom stereocenters. The third kappa shape index (κ3) is 3.39.